The van der Waals surface area contributed by atoms with E-state index in [-0.39, 0.29) is 0 Å². The Morgan fingerprint density at radius 2 is 2.13 bits per heavy atom. The molecule has 3 atom stereocenters. The molecular formula is C13H27NO. The van der Waals surface area contributed by atoms with Crippen LogP contribution < -0.4 is 5.32 Å². The van der Waals surface area contributed by atoms with Gasteiger partial charge in [-0.15, -0.1) is 0 Å². The quantitative estimate of drug-likeness (QED) is 0.636. The SMILES string of the molecule is CCCCC(COC)NC1CC1CCC. The second kappa shape index (κ2) is 7.24. The van der Waals surface area contributed by atoms with Gasteiger partial charge in [-0.05, 0) is 25.2 Å². The summed E-state index contributed by atoms with van der Waals surface area (Å²) in [6.07, 6.45) is 7.97. The fraction of sp³-hybridized carbons (Fsp3) is 1.00. The van der Waals surface area contributed by atoms with E-state index in [0.717, 1.165) is 18.6 Å². The number of hydrogen-bond donors (Lipinski definition) is 1. The average molecular weight is 213 g/mol. The molecule has 0 radical (unpaired) electrons. The van der Waals surface area contributed by atoms with Crippen LogP contribution in [-0.2, 0) is 4.74 Å². The first-order valence-corrected chi connectivity index (χ1v) is 6.56. The fourth-order valence-electron chi connectivity index (χ4n) is 2.31. The Balaban J connectivity index is 2.14. The predicted octanol–water partition coefficient (Wildman–Crippen LogP) is 2.97. The van der Waals surface area contributed by atoms with Gasteiger partial charge >= 0.3 is 0 Å². The summed E-state index contributed by atoms with van der Waals surface area (Å²) in [4.78, 5) is 0. The Morgan fingerprint density at radius 3 is 2.73 bits per heavy atom. The minimum Gasteiger partial charge on any atom is -0.383 e. The first-order chi connectivity index (χ1) is 7.31. The average Bonchev–Trinajstić information content (AvgIpc) is 2.94. The molecule has 15 heavy (non-hydrogen) atoms. The molecule has 1 fully saturated rings. The van der Waals surface area contributed by atoms with E-state index >= 15 is 0 Å². The van der Waals surface area contributed by atoms with Crippen LogP contribution in [0, 0.1) is 5.92 Å². The van der Waals surface area contributed by atoms with Crippen molar-refractivity contribution >= 4 is 0 Å². The van der Waals surface area contributed by atoms with Gasteiger partial charge in [-0.2, -0.15) is 0 Å². The van der Waals surface area contributed by atoms with E-state index in [0.29, 0.717) is 6.04 Å². The molecule has 0 aliphatic heterocycles. The zero-order chi connectivity index (χ0) is 11.1. The van der Waals surface area contributed by atoms with Gasteiger partial charge in [-0.3, -0.25) is 0 Å². The highest BCUT2D eigenvalue weighted by molar-refractivity contribution is 4.94. The van der Waals surface area contributed by atoms with Crippen molar-refractivity contribution in [2.75, 3.05) is 13.7 Å². The van der Waals surface area contributed by atoms with E-state index < -0.39 is 0 Å². The maximum Gasteiger partial charge on any atom is 0.0615 e. The van der Waals surface area contributed by atoms with E-state index in [1.807, 2.05) is 0 Å². The summed E-state index contributed by atoms with van der Waals surface area (Å²) in [5, 5.41) is 3.74. The van der Waals surface area contributed by atoms with Gasteiger partial charge in [0.2, 0.25) is 0 Å². The molecule has 0 amide bonds. The zero-order valence-electron chi connectivity index (χ0n) is 10.6. The van der Waals surface area contributed by atoms with Gasteiger partial charge in [0.05, 0.1) is 6.61 Å². The van der Waals surface area contributed by atoms with E-state index in [1.165, 1.54) is 38.5 Å². The Hall–Kier alpha value is -0.0800. The van der Waals surface area contributed by atoms with E-state index in [4.69, 9.17) is 4.74 Å². The topological polar surface area (TPSA) is 21.3 Å². The smallest absolute Gasteiger partial charge is 0.0615 e. The van der Waals surface area contributed by atoms with Crippen molar-refractivity contribution in [2.45, 2.75) is 64.5 Å². The van der Waals surface area contributed by atoms with Gasteiger partial charge in [0.25, 0.3) is 0 Å². The van der Waals surface area contributed by atoms with Crippen LogP contribution in [0.4, 0.5) is 0 Å². The molecule has 0 saturated heterocycles. The highest BCUT2D eigenvalue weighted by Crippen LogP contribution is 2.35. The highest BCUT2D eigenvalue weighted by atomic mass is 16.5. The van der Waals surface area contributed by atoms with Gasteiger partial charge in [0.1, 0.15) is 0 Å². The summed E-state index contributed by atoms with van der Waals surface area (Å²) in [6, 6.07) is 1.38. The summed E-state index contributed by atoms with van der Waals surface area (Å²) in [5.74, 6) is 0.955. The second-order valence-corrected chi connectivity index (χ2v) is 4.85. The standard InChI is InChI=1S/C13H27NO/c1-4-6-8-12(10-15-3)14-13-9-11(13)7-5-2/h11-14H,4-10H2,1-3H3. The van der Waals surface area contributed by atoms with Gasteiger partial charge in [-0.1, -0.05) is 33.1 Å². The lowest BCUT2D eigenvalue weighted by molar-refractivity contribution is 0.159. The lowest BCUT2D eigenvalue weighted by Crippen LogP contribution is -2.35. The molecule has 1 aliphatic rings. The molecule has 2 nitrogen and oxygen atoms in total. The highest BCUT2D eigenvalue weighted by Gasteiger charge is 2.36. The number of rotatable bonds is 9. The molecule has 1 N–H and O–H groups in total. The van der Waals surface area contributed by atoms with Gasteiger partial charge < -0.3 is 10.1 Å². The molecular weight excluding hydrogens is 186 g/mol. The van der Waals surface area contributed by atoms with Crippen LogP contribution in [-0.4, -0.2) is 25.8 Å². The lowest BCUT2D eigenvalue weighted by atomic mass is 10.1. The molecule has 0 aromatic carbocycles. The van der Waals surface area contributed by atoms with E-state index in [9.17, 15) is 0 Å². The van der Waals surface area contributed by atoms with Crippen molar-refractivity contribution < 1.29 is 4.74 Å². The van der Waals surface area contributed by atoms with Crippen LogP contribution >= 0.6 is 0 Å². The van der Waals surface area contributed by atoms with Crippen LogP contribution in [0.15, 0.2) is 0 Å². The maximum atomic E-state index is 5.26. The Bertz CT molecular complexity index is 161. The van der Waals surface area contributed by atoms with Crippen LogP contribution in [0.1, 0.15) is 52.4 Å². The maximum absolute atomic E-state index is 5.26. The molecule has 0 spiro atoms. The normalized spacial score (nSPS) is 26.6. The zero-order valence-corrected chi connectivity index (χ0v) is 10.6. The van der Waals surface area contributed by atoms with Crippen LogP contribution in [0.5, 0.6) is 0 Å². The number of nitrogens with one attached hydrogen (secondary N) is 1. The number of ether oxygens (including phenoxy) is 1. The van der Waals surface area contributed by atoms with Crippen molar-refractivity contribution in [3.63, 3.8) is 0 Å². The minimum atomic E-state index is 0.585. The molecule has 0 heterocycles. The third-order valence-corrected chi connectivity index (χ3v) is 3.31. The summed E-state index contributed by atoms with van der Waals surface area (Å²) in [7, 11) is 1.80. The molecule has 0 bridgehead atoms. The minimum absolute atomic E-state index is 0.585. The number of methoxy groups -OCH3 is 1. The molecule has 1 saturated carbocycles. The van der Waals surface area contributed by atoms with Gasteiger partial charge in [0, 0.05) is 19.2 Å². The second-order valence-electron chi connectivity index (χ2n) is 4.85. The third-order valence-electron chi connectivity index (χ3n) is 3.31. The summed E-state index contributed by atoms with van der Waals surface area (Å²) >= 11 is 0. The monoisotopic (exact) mass is 213 g/mol. The Labute approximate surface area is 94.8 Å². The summed E-state index contributed by atoms with van der Waals surface area (Å²) in [5.41, 5.74) is 0. The van der Waals surface area contributed by atoms with E-state index in [2.05, 4.69) is 19.2 Å². The molecule has 3 unspecified atom stereocenters. The van der Waals surface area contributed by atoms with E-state index in [1.54, 1.807) is 7.11 Å². The molecule has 1 aliphatic carbocycles. The van der Waals surface area contributed by atoms with Gasteiger partial charge in [-0.25, -0.2) is 0 Å². The lowest BCUT2D eigenvalue weighted by Gasteiger charge is -2.17. The molecule has 90 valence electrons. The van der Waals surface area contributed by atoms with Crippen molar-refractivity contribution in [3.05, 3.63) is 0 Å². The number of hydrogen-bond acceptors (Lipinski definition) is 2. The van der Waals surface area contributed by atoms with Crippen LogP contribution in [0.25, 0.3) is 0 Å². The Kier molecular flexibility index (Phi) is 6.26. The van der Waals surface area contributed by atoms with Crippen molar-refractivity contribution in [1.29, 1.82) is 0 Å². The number of unbranched alkanes of at least 4 members (excludes halogenated alkanes) is 1. The first-order valence-electron chi connectivity index (χ1n) is 6.56. The molecule has 2 heteroatoms. The molecule has 1 rings (SSSR count). The van der Waals surface area contributed by atoms with Crippen LogP contribution in [0.2, 0.25) is 0 Å². The van der Waals surface area contributed by atoms with Crippen LogP contribution in [0.3, 0.4) is 0 Å². The Morgan fingerprint density at radius 1 is 1.33 bits per heavy atom. The van der Waals surface area contributed by atoms with Crippen molar-refractivity contribution in [1.82, 2.24) is 5.32 Å². The fourth-order valence-corrected chi connectivity index (χ4v) is 2.31. The third kappa shape index (κ3) is 4.98. The summed E-state index contributed by atoms with van der Waals surface area (Å²) < 4.78 is 5.26. The first kappa shape index (κ1) is 13.0. The molecule has 0 aromatic rings. The van der Waals surface area contributed by atoms with Crippen molar-refractivity contribution in [2.24, 2.45) is 5.92 Å². The molecule has 0 aromatic heterocycles. The summed E-state index contributed by atoms with van der Waals surface area (Å²) in [6.45, 7) is 5.40. The van der Waals surface area contributed by atoms with Crippen molar-refractivity contribution in [3.8, 4) is 0 Å². The largest absolute Gasteiger partial charge is 0.383 e. The predicted molar refractivity (Wildman–Crippen MR) is 65.1 cm³/mol. The van der Waals surface area contributed by atoms with Gasteiger partial charge in [0.15, 0.2) is 0 Å².